The molecule has 5 rings (SSSR count). The number of carbonyl (C=O) groups is 1. The van der Waals surface area contributed by atoms with Gasteiger partial charge in [0, 0.05) is 6.61 Å². The van der Waals surface area contributed by atoms with Crippen LogP contribution in [0.25, 0.3) is 22.2 Å². The lowest BCUT2D eigenvalue weighted by Crippen LogP contribution is -2.17. The van der Waals surface area contributed by atoms with E-state index in [9.17, 15) is 4.79 Å². The monoisotopic (exact) mass is 402 g/mol. The zero-order valence-corrected chi connectivity index (χ0v) is 16.5. The van der Waals surface area contributed by atoms with Crippen LogP contribution in [-0.2, 0) is 22.6 Å². The maximum absolute atomic E-state index is 13.0. The molecule has 30 heavy (non-hydrogen) atoms. The van der Waals surface area contributed by atoms with Crippen LogP contribution < -0.4 is 5.73 Å². The van der Waals surface area contributed by atoms with Crippen molar-refractivity contribution in [3.8, 4) is 0 Å². The summed E-state index contributed by atoms with van der Waals surface area (Å²) >= 11 is 0. The summed E-state index contributed by atoms with van der Waals surface area (Å²) < 4.78 is 13.2. The minimum absolute atomic E-state index is 0.0457. The number of aromatic nitrogens is 3. The molecular weight excluding hydrogens is 380 g/mol. The van der Waals surface area contributed by atoms with Crippen LogP contribution >= 0.6 is 0 Å². The Hall–Kier alpha value is -3.45. The molecule has 0 spiro atoms. The minimum Gasteiger partial charge on any atom is -0.457 e. The predicted molar refractivity (Wildman–Crippen MR) is 114 cm³/mol. The molecule has 1 atom stereocenters. The van der Waals surface area contributed by atoms with Crippen molar-refractivity contribution in [2.75, 3.05) is 12.3 Å². The molecule has 1 saturated heterocycles. The minimum atomic E-state index is -0.503. The Morgan fingerprint density at radius 3 is 2.57 bits per heavy atom. The molecule has 1 fully saturated rings. The van der Waals surface area contributed by atoms with Gasteiger partial charge in [-0.05, 0) is 30.5 Å². The van der Waals surface area contributed by atoms with Crippen LogP contribution in [0.3, 0.4) is 0 Å². The summed E-state index contributed by atoms with van der Waals surface area (Å²) in [5.41, 5.74) is 10.1. The highest BCUT2D eigenvalue weighted by atomic mass is 16.5. The summed E-state index contributed by atoms with van der Waals surface area (Å²) in [5.74, 6) is -0.189. The van der Waals surface area contributed by atoms with E-state index in [2.05, 4.69) is 0 Å². The number of anilines is 1. The highest BCUT2D eigenvalue weighted by Gasteiger charge is 2.27. The van der Waals surface area contributed by atoms with Crippen LogP contribution in [-0.4, -0.2) is 33.2 Å². The number of carbonyl (C=O) groups excluding carboxylic acids is 1. The molecule has 7 nitrogen and oxygen atoms in total. The second kappa shape index (κ2) is 7.76. The van der Waals surface area contributed by atoms with Gasteiger partial charge in [-0.2, -0.15) is 0 Å². The summed E-state index contributed by atoms with van der Waals surface area (Å²) in [4.78, 5) is 22.5. The molecule has 0 aliphatic carbocycles. The average molecular weight is 402 g/mol. The molecule has 0 bridgehead atoms. The number of hydrogen-bond donors (Lipinski definition) is 1. The molecule has 152 valence electrons. The van der Waals surface area contributed by atoms with E-state index in [0.29, 0.717) is 29.0 Å². The van der Waals surface area contributed by atoms with Gasteiger partial charge in [-0.25, -0.2) is 14.8 Å². The second-order valence-corrected chi connectivity index (χ2v) is 7.45. The molecule has 2 aromatic carbocycles. The summed E-state index contributed by atoms with van der Waals surface area (Å²) in [7, 11) is 0. The van der Waals surface area contributed by atoms with Gasteiger partial charge in [0.2, 0.25) is 0 Å². The molecule has 0 saturated carbocycles. The number of nitrogens with two attached hydrogens (primary N) is 1. The molecule has 1 aliphatic heterocycles. The van der Waals surface area contributed by atoms with E-state index in [1.165, 1.54) is 0 Å². The van der Waals surface area contributed by atoms with Crippen molar-refractivity contribution in [1.29, 1.82) is 0 Å². The molecule has 1 aliphatic rings. The van der Waals surface area contributed by atoms with E-state index < -0.39 is 5.97 Å². The van der Waals surface area contributed by atoms with Gasteiger partial charge < -0.3 is 19.8 Å². The zero-order chi connectivity index (χ0) is 20.5. The van der Waals surface area contributed by atoms with Crippen molar-refractivity contribution >= 4 is 34.0 Å². The first-order valence-corrected chi connectivity index (χ1v) is 10.1. The first-order chi connectivity index (χ1) is 14.7. The number of fused-ring (bicyclic) bond motifs is 2. The molecule has 0 unspecified atom stereocenters. The van der Waals surface area contributed by atoms with Crippen molar-refractivity contribution in [1.82, 2.24) is 14.5 Å². The number of rotatable bonds is 5. The first-order valence-electron chi connectivity index (χ1n) is 10.1. The second-order valence-electron chi connectivity index (χ2n) is 7.45. The normalized spacial score (nSPS) is 16.3. The number of ether oxygens (including phenoxy) is 2. The summed E-state index contributed by atoms with van der Waals surface area (Å²) in [6.07, 6.45) is 2.02. The average Bonchev–Trinajstić information content (AvgIpc) is 3.38. The van der Waals surface area contributed by atoms with E-state index in [4.69, 9.17) is 25.2 Å². The van der Waals surface area contributed by atoms with Crippen molar-refractivity contribution in [3.63, 3.8) is 0 Å². The topological polar surface area (TPSA) is 92.3 Å². The fourth-order valence-electron chi connectivity index (χ4n) is 3.89. The van der Waals surface area contributed by atoms with Crippen molar-refractivity contribution in [2.24, 2.45) is 0 Å². The molecule has 2 N–H and O–H groups in total. The molecule has 3 heterocycles. The maximum atomic E-state index is 13.0. The number of nitrogen functional groups attached to an aromatic ring is 1. The Balaban J connectivity index is 1.57. The Bertz CT molecular complexity index is 1210. The van der Waals surface area contributed by atoms with Crippen molar-refractivity contribution in [2.45, 2.75) is 32.1 Å². The Kier molecular flexibility index (Phi) is 4.80. The molecule has 7 heteroatoms. The van der Waals surface area contributed by atoms with E-state index in [1.807, 2.05) is 59.2 Å². The summed E-state index contributed by atoms with van der Waals surface area (Å²) in [5, 5.41) is 0. The van der Waals surface area contributed by atoms with Crippen LogP contribution in [0.5, 0.6) is 0 Å². The number of para-hydroxylation sites is 2. The lowest BCUT2D eigenvalue weighted by Gasteiger charge is -2.13. The lowest BCUT2D eigenvalue weighted by atomic mass is 10.2. The van der Waals surface area contributed by atoms with E-state index in [1.54, 1.807) is 0 Å². The zero-order valence-electron chi connectivity index (χ0n) is 16.5. The van der Waals surface area contributed by atoms with E-state index in [0.717, 1.165) is 30.5 Å². The van der Waals surface area contributed by atoms with Gasteiger partial charge in [0.15, 0.2) is 5.65 Å². The Morgan fingerprint density at radius 2 is 1.83 bits per heavy atom. The SMILES string of the molecule is Nc1c(C(=O)OCc2ccccc2)c2nc3ccccc3nc2n1C[C@H]1CCCO1. The van der Waals surface area contributed by atoms with Gasteiger partial charge in [-0.1, -0.05) is 42.5 Å². The molecule has 4 aromatic rings. The molecule has 2 aromatic heterocycles. The van der Waals surface area contributed by atoms with Crippen LogP contribution in [0.15, 0.2) is 54.6 Å². The van der Waals surface area contributed by atoms with E-state index in [-0.39, 0.29) is 18.3 Å². The van der Waals surface area contributed by atoms with Crippen molar-refractivity contribution in [3.05, 3.63) is 65.7 Å². The number of hydrogen-bond acceptors (Lipinski definition) is 6. The van der Waals surface area contributed by atoms with Crippen LogP contribution in [0.1, 0.15) is 28.8 Å². The van der Waals surface area contributed by atoms with Crippen LogP contribution in [0.4, 0.5) is 5.82 Å². The standard InChI is InChI=1S/C23H22N4O3/c24-21-19(23(28)30-14-15-7-2-1-3-8-15)20-22(27(21)13-16-9-6-12-29-16)26-18-11-5-4-10-17(18)25-20/h1-5,7-8,10-11,16H,6,9,12-14,24H2/t16-/m1/s1. The lowest BCUT2D eigenvalue weighted by molar-refractivity contribution is 0.0475. The van der Waals surface area contributed by atoms with Gasteiger partial charge in [0.1, 0.15) is 23.5 Å². The third-order valence-corrected chi connectivity index (χ3v) is 5.42. The van der Waals surface area contributed by atoms with Gasteiger partial charge in [-0.15, -0.1) is 0 Å². The maximum Gasteiger partial charge on any atom is 0.344 e. The van der Waals surface area contributed by atoms with Crippen molar-refractivity contribution < 1.29 is 14.3 Å². The first kappa shape index (κ1) is 18.6. The highest BCUT2D eigenvalue weighted by molar-refractivity contribution is 6.08. The molecule has 0 radical (unpaired) electrons. The van der Waals surface area contributed by atoms with Gasteiger partial charge in [-0.3, -0.25) is 0 Å². The third-order valence-electron chi connectivity index (χ3n) is 5.42. The van der Waals surface area contributed by atoms with Gasteiger partial charge >= 0.3 is 5.97 Å². The quantitative estimate of drug-likeness (QED) is 0.512. The highest BCUT2D eigenvalue weighted by Crippen LogP contribution is 2.30. The molecule has 0 amide bonds. The summed E-state index contributed by atoms with van der Waals surface area (Å²) in [6, 6.07) is 17.1. The third kappa shape index (κ3) is 3.37. The van der Waals surface area contributed by atoms with E-state index >= 15 is 0 Å². The van der Waals surface area contributed by atoms with Gasteiger partial charge in [0.05, 0.1) is 23.7 Å². The smallest absolute Gasteiger partial charge is 0.344 e. The molecular formula is C23H22N4O3. The fraction of sp³-hybridized carbons (Fsp3) is 0.261. The van der Waals surface area contributed by atoms with Gasteiger partial charge in [0.25, 0.3) is 0 Å². The number of nitrogens with zero attached hydrogens (tertiary/aromatic N) is 3. The predicted octanol–water partition coefficient (Wildman–Crippen LogP) is 3.70. The summed E-state index contributed by atoms with van der Waals surface area (Å²) in [6.45, 7) is 1.43. The van der Waals surface area contributed by atoms with Crippen LogP contribution in [0, 0.1) is 0 Å². The van der Waals surface area contributed by atoms with Crippen LogP contribution in [0.2, 0.25) is 0 Å². The number of benzene rings is 2. The largest absolute Gasteiger partial charge is 0.457 e. The Labute approximate surface area is 173 Å². The fourth-order valence-corrected chi connectivity index (χ4v) is 3.89. The Morgan fingerprint density at radius 1 is 1.10 bits per heavy atom. The number of esters is 1.